The summed E-state index contributed by atoms with van der Waals surface area (Å²) in [6.45, 7) is 0.180. The van der Waals surface area contributed by atoms with Crippen LogP contribution in [0.25, 0.3) is 0 Å². The van der Waals surface area contributed by atoms with Gasteiger partial charge in [0.25, 0.3) is 5.91 Å². The average molecular weight is 329 g/mol. The maximum Gasteiger partial charge on any atom is 0.417 e. The molecule has 1 aromatic carbocycles. The van der Waals surface area contributed by atoms with Crippen molar-refractivity contribution in [3.63, 3.8) is 0 Å². The molecule has 22 heavy (non-hydrogen) atoms. The van der Waals surface area contributed by atoms with Crippen molar-refractivity contribution in [1.29, 1.82) is 0 Å². The molecule has 116 valence electrons. The van der Waals surface area contributed by atoms with E-state index in [1.165, 1.54) is 18.3 Å². The molecule has 0 aliphatic rings. The van der Waals surface area contributed by atoms with Crippen LogP contribution in [0.4, 0.5) is 13.2 Å². The first kappa shape index (κ1) is 16.3. The predicted molar refractivity (Wildman–Crippen MR) is 76.7 cm³/mol. The summed E-state index contributed by atoms with van der Waals surface area (Å²) in [7, 11) is 0. The van der Waals surface area contributed by atoms with Gasteiger partial charge in [-0.3, -0.25) is 9.78 Å². The molecule has 2 aromatic rings. The standard InChI is InChI=1S/C15H12ClF3N2O/c16-10-5-6-11(21-9-10)7-8-20-14(22)12-3-1-2-4-13(12)15(17,18)19/h1-6,9H,7-8H2,(H,20,22). The number of rotatable bonds is 4. The number of amides is 1. The minimum atomic E-state index is -4.56. The largest absolute Gasteiger partial charge is 0.417 e. The van der Waals surface area contributed by atoms with E-state index in [2.05, 4.69) is 10.3 Å². The van der Waals surface area contributed by atoms with Crippen molar-refractivity contribution in [3.05, 3.63) is 64.4 Å². The molecule has 0 aliphatic heterocycles. The summed E-state index contributed by atoms with van der Waals surface area (Å²) in [5.41, 5.74) is -0.648. The zero-order chi connectivity index (χ0) is 16.2. The minimum Gasteiger partial charge on any atom is -0.352 e. The number of carbonyl (C=O) groups excluding carboxylic acids is 1. The first-order valence-corrected chi connectivity index (χ1v) is 6.80. The van der Waals surface area contributed by atoms with Gasteiger partial charge in [0.1, 0.15) is 0 Å². The Morgan fingerprint density at radius 2 is 1.91 bits per heavy atom. The Hall–Kier alpha value is -2.08. The van der Waals surface area contributed by atoms with Crippen molar-refractivity contribution in [1.82, 2.24) is 10.3 Å². The maximum absolute atomic E-state index is 12.8. The van der Waals surface area contributed by atoms with E-state index in [0.717, 1.165) is 12.1 Å². The van der Waals surface area contributed by atoms with Crippen molar-refractivity contribution in [2.75, 3.05) is 6.54 Å². The maximum atomic E-state index is 12.8. The van der Waals surface area contributed by atoms with Crippen molar-refractivity contribution in [2.24, 2.45) is 0 Å². The van der Waals surface area contributed by atoms with Gasteiger partial charge in [-0.15, -0.1) is 0 Å². The van der Waals surface area contributed by atoms with Gasteiger partial charge in [-0.2, -0.15) is 13.2 Å². The molecule has 0 radical (unpaired) electrons. The second-order valence-corrected chi connectivity index (χ2v) is 4.95. The fraction of sp³-hybridized carbons (Fsp3) is 0.200. The number of alkyl halides is 3. The molecular weight excluding hydrogens is 317 g/mol. The third-order valence-corrected chi connectivity index (χ3v) is 3.16. The van der Waals surface area contributed by atoms with Gasteiger partial charge in [-0.1, -0.05) is 23.7 Å². The average Bonchev–Trinajstić information content (AvgIpc) is 2.48. The molecule has 0 unspecified atom stereocenters. The van der Waals surface area contributed by atoms with Gasteiger partial charge in [-0.05, 0) is 24.3 Å². The van der Waals surface area contributed by atoms with Crippen LogP contribution >= 0.6 is 11.6 Å². The van der Waals surface area contributed by atoms with Crippen molar-refractivity contribution in [3.8, 4) is 0 Å². The molecule has 0 atom stereocenters. The van der Waals surface area contributed by atoms with Gasteiger partial charge < -0.3 is 5.32 Å². The van der Waals surface area contributed by atoms with Gasteiger partial charge in [0.15, 0.2) is 0 Å². The first-order chi connectivity index (χ1) is 10.4. The highest BCUT2D eigenvalue weighted by Crippen LogP contribution is 2.31. The Morgan fingerprint density at radius 3 is 2.55 bits per heavy atom. The number of benzene rings is 1. The minimum absolute atomic E-state index is 0.180. The Morgan fingerprint density at radius 1 is 1.18 bits per heavy atom. The summed E-state index contributed by atoms with van der Waals surface area (Å²) in [5.74, 6) is -0.762. The van der Waals surface area contributed by atoms with E-state index in [1.807, 2.05) is 0 Å². The van der Waals surface area contributed by atoms with Crippen molar-refractivity contribution in [2.45, 2.75) is 12.6 Å². The molecule has 2 rings (SSSR count). The van der Waals surface area contributed by atoms with E-state index in [9.17, 15) is 18.0 Å². The summed E-state index contributed by atoms with van der Waals surface area (Å²) in [6.07, 6.45) is -2.69. The Labute approximate surface area is 130 Å². The predicted octanol–water partition coefficient (Wildman–Crippen LogP) is 3.73. The van der Waals surface area contributed by atoms with Crippen LogP contribution in [0.15, 0.2) is 42.6 Å². The van der Waals surface area contributed by atoms with Gasteiger partial charge in [0.2, 0.25) is 0 Å². The van der Waals surface area contributed by atoms with E-state index >= 15 is 0 Å². The van der Waals surface area contributed by atoms with E-state index in [1.54, 1.807) is 12.1 Å². The number of hydrogen-bond donors (Lipinski definition) is 1. The molecule has 0 bridgehead atoms. The van der Waals surface area contributed by atoms with E-state index < -0.39 is 17.6 Å². The first-order valence-electron chi connectivity index (χ1n) is 6.43. The molecule has 1 N–H and O–H groups in total. The lowest BCUT2D eigenvalue weighted by Gasteiger charge is -2.12. The third-order valence-electron chi connectivity index (χ3n) is 2.93. The lowest BCUT2D eigenvalue weighted by Crippen LogP contribution is -2.28. The lowest BCUT2D eigenvalue weighted by atomic mass is 10.1. The molecule has 1 heterocycles. The smallest absolute Gasteiger partial charge is 0.352 e. The monoisotopic (exact) mass is 328 g/mol. The normalized spacial score (nSPS) is 11.3. The fourth-order valence-electron chi connectivity index (χ4n) is 1.88. The number of aromatic nitrogens is 1. The van der Waals surface area contributed by atoms with Crippen LogP contribution in [-0.2, 0) is 12.6 Å². The highest BCUT2D eigenvalue weighted by Gasteiger charge is 2.34. The molecule has 1 aromatic heterocycles. The molecule has 7 heteroatoms. The van der Waals surface area contributed by atoms with Crippen LogP contribution in [0.5, 0.6) is 0 Å². The zero-order valence-electron chi connectivity index (χ0n) is 11.3. The number of nitrogens with one attached hydrogen (secondary N) is 1. The second-order valence-electron chi connectivity index (χ2n) is 4.52. The molecule has 1 amide bonds. The van der Waals surface area contributed by atoms with Crippen LogP contribution in [0.1, 0.15) is 21.6 Å². The van der Waals surface area contributed by atoms with Crippen LogP contribution in [0, 0.1) is 0 Å². The van der Waals surface area contributed by atoms with E-state index in [-0.39, 0.29) is 12.1 Å². The quantitative estimate of drug-likeness (QED) is 0.929. The lowest BCUT2D eigenvalue weighted by molar-refractivity contribution is -0.137. The van der Waals surface area contributed by atoms with Crippen molar-refractivity contribution < 1.29 is 18.0 Å². The number of nitrogens with zero attached hydrogens (tertiary/aromatic N) is 1. The molecule has 0 spiro atoms. The summed E-state index contributed by atoms with van der Waals surface area (Å²) < 4.78 is 38.5. The van der Waals surface area contributed by atoms with E-state index in [0.29, 0.717) is 17.1 Å². The third kappa shape index (κ3) is 4.21. The molecule has 0 saturated heterocycles. The Bertz CT molecular complexity index is 657. The highest BCUT2D eigenvalue weighted by atomic mass is 35.5. The van der Waals surface area contributed by atoms with Gasteiger partial charge >= 0.3 is 6.18 Å². The van der Waals surface area contributed by atoms with E-state index in [4.69, 9.17) is 11.6 Å². The van der Waals surface area contributed by atoms with Gasteiger partial charge in [0.05, 0.1) is 16.1 Å². The highest BCUT2D eigenvalue weighted by molar-refractivity contribution is 6.30. The van der Waals surface area contributed by atoms with Crippen LogP contribution in [0.3, 0.4) is 0 Å². The number of hydrogen-bond acceptors (Lipinski definition) is 2. The van der Waals surface area contributed by atoms with Crippen LogP contribution in [-0.4, -0.2) is 17.4 Å². The summed E-state index contributed by atoms with van der Waals surface area (Å²) in [4.78, 5) is 15.9. The molecule has 0 fully saturated rings. The molecule has 0 saturated carbocycles. The second kappa shape index (κ2) is 6.79. The number of pyridine rings is 1. The molecule has 3 nitrogen and oxygen atoms in total. The SMILES string of the molecule is O=C(NCCc1ccc(Cl)cn1)c1ccccc1C(F)(F)F. The fourth-order valence-corrected chi connectivity index (χ4v) is 1.99. The van der Waals surface area contributed by atoms with Crippen LogP contribution in [0.2, 0.25) is 5.02 Å². The molecule has 0 aliphatic carbocycles. The molecular formula is C15H12ClF3N2O. The summed E-state index contributed by atoms with van der Waals surface area (Å²) in [6, 6.07) is 8.03. The van der Waals surface area contributed by atoms with Crippen LogP contribution < -0.4 is 5.32 Å². The Balaban J connectivity index is 2.00. The van der Waals surface area contributed by atoms with Crippen molar-refractivity contribution >= 4 is 17.5 Å². The number of halogens is 4. The summed E-state index contributed by atoms with van der Waals surface area (Å²) >= 11 is 5.70. The van der Waals surface area contributed by atoms with Gasteiger partial charge in [0, 0.05) is 24.9 Å². The van der Waals surface area contributed by atoms with Gasteiger partial charge in [-0.25, -0.2) is 0 Å². The Kier molecular flexibility index (Phi) is 5.03. The zero-order valence-corrected chi connectivity index (χ0v) is 12.1. The number of carbonyl (C=O) groups is 1. The topological polar surface area (TPSA) is 42.0 Å². The summed E-state index contributed by atoms with van der Waals surface area (Å²) in [5, 5.41) is 2.96.